The number of aromatic nitrogens is 1. The molecule has 10 heteroatoms. The Kier molecular flexibility index (Phi) is 7.81. The molecule has 0 N–H and O–H groups in total. The smallest absolute Gasteiger partial charge is 0.409 e. The number of benzene rings is 1. The van der Waals surface area contributed by atoms with Gasteiger partial charge in [-0.1, -0.05) is 49.1 Å². The third-order valence-electron chi connectivity index (χ3n) is 6.22. The molecule has 1 aromatic heterocycles. The highest BCUT2D eigenvalue weighted by Gasteiger charge is 2.33. The van der Waals surface area contributed by atoms with Crippen LogP contribution in [-0.4, -0.2) is 70.0 Å². The Bertz CT molecular complexity index is 1250. The molecular formula is C25H30N4O4S2. The molecule has 1 aromatic carbocycles. The number of fused-ring (bicyclic) bond motifs is 1. The molecule has 2 aliphatic rings. The largest absolute Gasteiger partial charge is 0.450 e. The van der Waals surface area contributed by atoms with E-state index in [0.29, 0.717) is 60.7 Å². The van der Waals surface area contributed by atoms with Crippen LogP contribution in [0, 0.1) is 0 Å². The zero-order valence-corrected chi connectivity index (χ0v) is 21.9. The Morgan fingerprint density at radius 2 is 1.83 bits per heavy atom. The van der Waals surface area contributed by atoms with Crippen molar-refractivity contribution in [2.24, 2.45) is 0 Å². The lowest BCUT2D eigenvalue weighted by Crippen LogP contribution is -2.49. The number of anilines is 1. The van der Waals surface area contributed by atoms with Crippen LogP contribution >= 0.6 is 24.0 Å². The zero-order valence-electron chi connectivity index (χ0n) is 20.3. The molecule has 2 saturated heterocycles. The van der Waals surface area contributed by atoms with E-state index in [2.05, 4.69) is 4.90 Å². The minimum absolute atomic E-state index is 0.144. The number of ether oxygens (including phenoxy) is 1. The van der Waals surface area contributed by atoms with Gasteiger partial charge in [-0.2, -0.15) is 0 Å². The second-order valence-electron chi connectivity index (χ2n) is 8.34. The van der Waals surface area contributed by atoms with Crippen LogP contribution in [0.3, 0.4) is 0 Å². The fourth-order valence-electron chi connectivity index (χ4n) is 4.57. The highest BCUT2D eigenvalue weighted by molar-refractivity contribution is 8.26. The Hall–Kier alpha value is -2.85. The summed E-state index contributed by atoms with van der Waals surface area (Å²) >= 11 is 6.68. The molecule has 2 fully saturated rings. The zero-order chi connectivity index (χ0) is 25.1. The monoisotopic (exact) mass is 514 g/mol. The van der Waals surface area contributed by atoms with E-state index >= 15 is 0 Å². The Morgan fingerprint density at radius 3 is 2.49 bits per heavy atom. The average molecular weight is 515 g/mol. The highest BCUT2D eigenvalue weighted by atomic mass is 32.2. The highest BCUT2D eigenvalue weighted by Crippen LogP contribution is 2.36. The number of para-hydroxylation sites is 1. The van der Waals surface area contributed by atoms with Gasteiger partial charge in [-0.15, -0.1) is 0 Å². The van der Waals surface area contributed by atoms with E-state index in [4.69, 9.17) is 17.0 Å². The summed E-state index contributed by atoms with van der Waals surface area (Å²) in [5, 5.41) is 0.939. The van der Waals surface area contributed by atoms with Gasteiger partial charge in [0, 0.05) is 44.7 Å². The third-order valence-corrected chi connectivity index (χ3v) is 7.59. The van der Waals surface area contributed by atoms with Crippen molar-refractivity contribution >= 4 is 63.0 Å². The van der Waals surface area contributed by atoms with Crippen molar-refractivity contribution in [2.75, 3.05) is 44.2 Å². The fraction of sp³-hybridized carbons (Fsp3) is 0.440. The van der Waals surface area contributed by atoms with E-state index in [-0.39, 0.29) is 17.6 Å². The van der Waals surface area contributed by atoms with Crippen LogP contribution in [0.25, 0.3) is 17.0 Å². The van der Waals surface area contributed by atoms with Crippen molar-refractivity contribution in [3.05, 3.63) is 45.1 Å². The van der Waals surface area contributed by atoms with Crippen molar-refractivity contribution in [2.45, 2.75) is 33.7 Å². The SMILES string of the molecule is CCCN1C(=O)C(=Cc2c(N3CCN(C(=O)OCC)CC3)c3ccccc3n(CC)c2=O)SC1=S. The molecule has 0 saturated carbocycles. The summed E-state index contributed by atoms with van der Waals surface area (Å²) in [6.45, 7) is 9.21. The van der Waals surface area contributed by atoms with Crippen LogP contribution in [0.2, 0.25) is 0 Å². The van der Waals surface area contributed by atoms with Gasteiger partial charge in [-0.3, -0.25) is 14.5 Å². The maximum Gasteiger partial charge on any atom is 0.409 e. The molecule has 2 aliphatic heterocycles. The van der Waals surface area contributed by atoms with E-state index in [1.807, 2.05) is 38.1 Å². The van der Waals surface area contributed by atoms with Crippen molar-refractivity contribution in [1.29, 1.82) is 0 Å². The molecule has 3 heterocycles. The second-order valence-corrected chi connectivity index (χ2v) is 10.0. The van der Waals surface area contributed by atoms with Crippen LogP contribution < -0.4 is 10.5 Å². The van der Waals surface area contributed by atoms with Crippen molar-refractivity contribution in [1.82, 2.24) is 14.4 Å². The van der Waals surface area contributed by atoms with Gasteiger partial charge in [-0.05, 0) is 32.4 Å². The number of hydrogen-bond acceptors (Lipinski definition) is 7. The molecule has 35 heavy (non-hydrogen) atoms. The molecule has 0 spiro atoms. The first-order valence-electron chi connectivity index (χ1n) is 12.0. The number of thiocarbonyl (C=S) groups is 1. The Balaban J connectivity index is 1.82. The number of piperazine rings is 1. The topological polar surface area (TPSA) is 75.1 Å². The summed E-state index contributed by atoms with van der Waals surface area (Å²) in [6.07, 6.45) is 2.19. The maximum atomic E-state index is 13.8. The molecule has 0 bridgehead atoms. The van der Waals surface area contributed by atoms with Crippen LogP contribution in [0.5, 0.6) is 0 Å². The molecule has 0 radical (unpaired) electrons. The first-order chi connectivity index (χ1) is 16.9. The quantitative estimate of drug-likeness (QED) is 0.427. The maximum absolute atomic E-state index is 13.8. The predicted molar refractivity (Wildman–Crippen MR) is 145 cm³/mol. The third kappa shape index (κ3) is 4.81. The van der Waals surface area contributed by atoms with E-state index in [1.165, 1.54) is 11.8 Å². The number of carbonyl (C=O) groups excluding carboxylic acids is 2. The molecule has 8 nitrogen and oxygen atoms in total. The van der Waals surface area contributed by atoms with Gasteiger partial charge >= 0.3 is 6.09 Å². The molecule has 2 aromatic rings. The van der Waals surface area contributed by atoms with Gasteiger partial charge < -0.3 is 19.1 Å². The van der Waals surface area contributed by atoms with Crippen LogP contribution in [-0.2, 0) is 16.1 Å². The van der Waals surface area contributed by atoms with Gasteiger partial charge in [0.1, 0.15) is 4.32 Å². The van der Waals surface area contributed by atoms with Gasteiger partial charge in [0.05, 0.1) is 28.3 Å². The van der Waals surface area contributed by atoms with E-state index < -0.39 is 0 Å². The number of carbonyl (C=O) groups is 2. The van der Waals surface area contributed by atoms with E-state index in [0.717, 1.165) is 23.0 Å². The summed E-state index contributed by atoms with van der Waals surface area (Å²) in [7, 11) is 0. The molecule has 0 atom stereocenters. The lowest BCUT2D eigenvalue weighted by atomic mass is 10.0. The van der Waals surface area contributed by atoms with Crippen LogP contribution in [0.1, 0.15) is 32.8 Å². The normalized spacial score (nSPS) is 17.7. The Labute approximate surface area is 214 Å². The molecule has 2 amide bonds. The molecule has 4 rings (SSSR count). The lowest BCUT2D eigenvalue weighted by molar-refractivity contribution is -0.122. The van der Waals surface area contributed by atoms with Crippen molar-refractivity contribution < 1.29 is 14.3 Å². The fourth-order valence-corrected chi connectivity index (χ4v) is 5.86. The summed E-state index contributed by atoms with van der Waals surface area (Å²) in [5.41, 5.74) is 1.97. The standard InChI is InChI=1S/C25H30N4O4S2/c1-4-11-29-23(31)20(35-25(29)34)16-18-21(26-12-14-27(15-13-26)24(32)33-6-3)17-9-7-8-10-19(17)28(5-2)22(18)30/h7-10,16H,4-6,11-15H2,1-3H3. The first-order valence-corrected chi connectivity index (χ1v) is 13.2. The number of amides is 2. The summed E-state index contributed by atoms with van der Waals surface area (Å²) < 4.78 is 7.41. The number of hydrogen-bond donors (Lipinski definition) is 0. The van der Waals surface area contributed by atoms with Gasteiger partial charge in [0.25, 0.3) is 11.5 Å². The van der Waals surface area contributed by atoms with E-state index in [9.17, 15) is 14.4 Å². The predicted octanol–water partition coefficient (Wildman–Crippen LogP) is 3.91. The minimum Gasteiger partial charge on any atom is -0.450 e. The summed E-state index contributed by atoms with van der Waals surface area (Å²) in [5.74, 6) is -0.157. The minimum atomic E-state index is -0.321. The van der Waals surface area contributed by atoms with Gasteiger partial charge in [0.2, 0.25) is 0 Å². The van der Waals surface area contributed by atoms with Crippen molar-refractivity contribution in [3.63, 3.8) is 0 Å². The molecule has 0 aliphatic carbocycles. The number of pyridine rings is 1. The Morgan fingerprint density at radius 1 is 1.11 bits per heavy atom. The second kappa shape index (κ2) is 10.8. The number of aryl methyl sites for hydroxylation is 1. The van der Waals surface area contributed by atoms with Crippen molar-refractivity contribution in [3.8, 4) is 0 Å². The van der Waals surface area contributed by atoms with Gasteiger partial charge in [0.15, 0.2) is 0 Å². The average Bonchev–Trinajstić information content (AvgIpc) is 3.12. The molecule has 0 unspecified atom stereocenters. The first kappa shape index (κ1) is 25.2. The van der Waals surface area contributed by atoms with E-state index in [1.54, 1.807) is 27.4 Å². The molecule has 186 valence electrons. The van der Waals surface area contributed by atoms with Crippen LogP contribution in [0.15, 0.2) is 34.0 Å². The van der Waals surface area contributed by atoms with Gasteiger partial charge in [-0.25, -0.2) is 4.79 Å². The number of nitrogens with zero attached hydrogens (tertiary/aromatic N) is 4. The lowest BCUT2D eigenvalue weighted by Gasteiger charge is -2.37. The van der Waals surface area contributed by atoms with Crippen LogP contribution in [0.4, 0.5) is 10.5 Å². The number of rotatable bonds is 6. The summed E-state index contributed by atoms with van der Waals surface area (Å²) in [6, 6.07) is 7.83. The number of thioether (sulfide) groups is 1. The molecular weight excluding hydrogens is 484 g/mol. The summed E-state index contributed by atoms with van der Waals surface area (Å²) in [4.78, 5) is 44.9.